The Bertz CT molecular complexity index is 1120. The topological polar surface area (TPSA) is 91.3 Å². The SMILES string of the molecule is O=C(NC[C@H](c1cccs1)N1CCOCC1)C1CCN(C2=NS(=O)(=O)c3ccccc32)CC1. The molecule has 2 fully saturated rings. The van der Waals surface area contributed by atoms with Crippen molar-refractivity contribution in [3.05, 3.63) is 52.2 Å². The zero-order valence-electron chi connectivity index (χ0n) is 18.4. The highest BCUT2D eigenvalue weighted by Gasteiger charge is 2.34. The minimum Gasteiger partial charge on any atom is -0.379 e. The van der Waals surface area contributed by atoms with E-state index in [0.717, 1.165) is 26.3 Å². The fourth-order valence-corrected chi connectivity index (χ4v) is 6.88. The van der Waals surface area contributed by atoms with Crippen molar-refractivity contribution >= 4 is 33.1 Å². The fourth-order valence-electron chi connectivity index (χ4n) is 4.79. The average molecular weight is 489 g/mol. The summed E-state index contributed by atoms with van der Waals surface area (Å²) in [5.41, 5.74) is 0.657. The highest BCUT2D eigenvalue weighted by molar-refractivity contribution is 7.90. The van der Waals surface area contributed by atoms with Gasteiger partial charge in [-0.3, -0.25) is 9.69 Å². The smallest absolute Gasteiger partial charge is 0.285 e. The normalized spacial score (nSPS) is 21.9. The van der Waals surface area contributed by atoms with Crippen LogP contribution in [0.15, 0.2) is 51.1 Å². The number of nitrogens with one attached hydrogen (secondary N) is 1. The number of likely N-dealkylation sites (tertiary alicyclic amines) is 1. The van der Waals surface area contributed by atoms with E-state index in [1.54, 1.807) is 29.5 Å². The molecule has 2 saturated heterocycles. The number of amides is 1. The second-order valence-corrected chi connectivity index (χ2v) is 11.1. The number of carbonyl (C=O) groups excluding carboxylic acids is 1. The van der Waals surface area contributed by atoms with Crippen LogP contribution in [-0.4, -0.2) is 75.9 Å². The summed E-state index contributed by atoms with van der Waals surface area (Å²) in [6.07, 6.45) is 1.35. The number of benzene rings is 1. The van der Waals surface area contributed by atoms with Crippen LogP contribution in [0.5, 0.6) is 0 Å². The number of carbonyl (C=O) groups is 1. The van der Waals surface area contributed by atoms with Gasteiger partial charge in [0.15, 0.2) is 5.84 Å². The number of morpholine rings is 1. The molecule has 2 aromatic rings. The third kappa shape index (κ3) is 4.70. The summed E-state index contributed by atoms with van der Waals surface area (Å²) in [7, 11) is -3.63. The molecule has 0 unspecified atom stereocenters. The number of fused-ring (bicyclic) bond motifs is 1. The number of piperidine rings is 1. The third-order valence-electron chi connectivity index (χ3n) is 6.61. The van der Waals surface area contributed by atoms with E-state index >= 15 is 0 Å². The maximum Gasteiger partial charge on any atom is 0.285 e. The molecule has 5 rings (SSSR count). The summed E-state index contributed by atoms with van der Waals surface area (Å²) in [5, 5.41) is 5.27. The van der Waals surface area contributed by atoms with Gasteiger partial charge < -0.3 is 15.0 Å². The molecule has 176 valence electrons. The van der Waals surface area contributed by atoms with Gasteiger partial charge in [0, 0.05) is 49.1 Å². The molecule has 4 heterocycles. The zero-order valence-corrected chi connectivity index (χ0v) is 20.0. The molecule has 3 aliphatic rings. The molecule has 1 amide bonds. The van der Waals surface area contributed by atoms with Crippen molar-refractivity contribution in [2.45, 2.75) is 23.8 Å². The molecule has 8 nitrogen and oxygen atoms in total. The monoisotopic (exact) mass is 488 g/mol. The van der Waals surface area contributed by atoms with Crippen LogP contribution < -0.4 is 5.32 Å². The van der Waals surface area contributed by atoms with Gasteiger partial charge in [0.05, 0.1) is 19.3 Å². The molecule has 10 heteroatoms. The quantitative estimate of drug-likeness (QED) is 0.693. The molecule has 0 aliphatic carbocycles. The number of nitrogens with zero attached hydrogens (tertiary/aromatic N) is 3. The summed E-state index contributed by atoms with van der Waals surface area (Å²) in [6, 6.07) is 11.3. The summed E-state index contributed by atoms with van der Waals surface area (Å²) in [5.74, 6) is 0.504. The van der Waals surface area contributed by atoms with Gasteiger partial charge in [0.25, 0.3) is 10.0 Å². The van der Waals surface area contributed by atoms with E-state index in [4.69, 9.17) is 4.74 Å². The first-order valence-corrected chi connectivity index (χ1v) is 13.7. The van der Waals surface area contributed by atoms with Crippen LogP contribution in [0.1, 0.15) is 29.3 Å². The lowest BCUT2D eigenvalue weighted by Gasteiger charge is -2.35. The standard InChI is InChI=1S/C23H28N4O4S2/c28-23(24-16-19(20-5-3-15-32-20)26-11-13-31-14-12-26)17-7-9-27(10-8-17)22-18-4-1-2-6-21(18)33(29,30)25-22/h1-6,15,17,19H,7-14,16H2,(H,24,28)/t19-/m1/s1. The van der Waals surface area contributed by atoms with Gasteiger partial charge >= 0.3 is 0 Å². The fraction of sp³-hybridized carbons (Fsp3) is 0.478. The van der Waals surface area contributed by atoms with Crippen molar-refractivity contribution in [1.82, 2.24) is 15.1 Å². The largest absolute Gasteiger partial charge is 0.379 e. The van der Waals surface area contributed by atoms with Crippen molar-refractivity contribution in [1.29, 1.82) is 0 Å². The first-order valence-electron chi connectivity index (χ1n) is 11.3. The molecule has 1 aromatic carbocycles. The number of hydrogen-bond acceptors (Lipinski definition) is 7. The summed E-state index contributed by atoms with van der Waals surface area (Å²) < 4.78 is 34.3. The average Bonchev–Trinajstić information content (AvgIpc) is 3.47. The van der Waals surface area contributed by atoms with Crippen LogP contribution in [0.4, 0.5) is 0 Å². The molecule has 3 aliphatic heterocycles. The van der Waals surface area contributed by atoms with E-state index in [9.17, 15) is 13.2 Å². The van der Waals surface area contributed by atoms with E-state index in [2.05, 4.69) is 32.1 Å². The van der Waals surface area contributed by atoms with Crippen molar-refractivity contribution in [2.24, 2.45) is 10.3 Å². The lowest BCUT2D eigenvalue weighted by atomic mass is 9.95. The van der Waals surface area contributed by atoms with Crippen LogP contribution >= 0.6 is 11.3 Å². The third-order valence-corrected chi connectivity index (χ3v) is 8.90. The predicted octanol–water partition coefficient (Wildman–Crippen LogP) is 2.10. The minimum absolute atomic E-state index is 0.0749. The Kier molecular flexibility index (Phi) is 6.51. The maximum absolute atomic E-state index is 13.0. The van der Waals surface area contributed by atoms with Crippen molar-refractivity contribution in [3.63, 3.8) is 0 Å². The molecule has 33 heavy (non-hydrogen) atoms. The molecule has 1 aromatic heterocycles. The number of rotatable bonds is 5. The van der Waals surface area contributed by atoms with E-state index in [1.165, 1.54) is 4.88 Å². The number of ether oxygens (including phenoxy) is 1. The number of thiophene rings is 1. The Morgan fingerprint density at radius 3 is 2.61 bits per heavy atom. The molecule has 0 saturated carbocycles. The number of sulfonamides is 1. The molecular weight excluding hydrogens is 460 g/mol. The molecule has 0 spiro atoms. The van der Waals surface area contributed by atoms with Gasteiger partial charge in [-0.2, -0.15) is 8.42 Å². The molecule has 1 N–H and O–H groups in total. The number of amidine groups is 1. The van der Waals surface area contributed by atoms with Crippen LogP contribution in [0.2, 0.25) is 0 Å². The lowest BCUT2D eigenvalue weighted by molar-refractivity contribution is -0.126. The zero-order chi connectivity index (χ0) is 22.8. The van der Waals surface area contributed by atoms with Crippen LogP contribution in [0, 0.1) is 5.92 Å². The predicted molar refractivity (Wildman–Crippen MR) is 127 cm³/mol. The first-order chi connectivity index (χ1) is 16.0. The van der Waals surface area contributed by atoms with Gasteiger partial charge in [-0.15, -0.1) is 15.7 Å². The van der Waals surface area contributed by atoms with E-state index in [1.807, 2.05) is 11.0 Å². The minimum atomic E-state index is -3.63. The van der Waals surface area contributed by atoms with Crippen molar-refractivity contribution < 1.29 is 17.9 Å². The summed E-state index contributed by atoms with van der Waals surface area (Å²) in [4.78, 5) is 18.9. The number of hydrogen-bond donors (Lipinski definition) is 1. The van der Waals surface area contributed by atoms with E-state index in [0.29, 0.717) is 43.9 Å². The molecule has 1 atom stereocenters. The second-order valence-electron chi connectivity index (χ2n) is 8.57. The highest BCUT2D eigenvalue weighted by atomic mass is 32.2. The Labute approximate surface area is 198 Å². The summed E-state index contributed by atoms with van der Waals surface area (Å²) >= 11 is 1.72. The highest BCUT2D eigenvalue weighted by Crippen LogP contribution is 2.30. The van der Waals surface area contributed by atoms with Crippen molar-refractivity contribution in [3.8, 4) is 0 Å². The maximum atomic E-state index is 13.0. The Morgan fingerprint density at radius 2 is 1.88 bits per heavy atom. The van der Waals surface area contributed by atoms with E-state index < -0.39 is 10.0 Å². The Morgan fingerprint density at radius 1 is 1.12 bits per heavy atom. The van der Waals surface area contributed by atoms with Crippen LogP contribution in [0.25, 0.3) is 0 Å². The molecule has 0 bridgehead atoms. The van der Waals surface area contributed by atoms with Crippen molar-refractivity contribution in [2.75, 3.05) is 45.9 Å². The molecule has 0 radical (unpaired) electrons. The van der Waals surface area contributed by atoms with E-state index in [-0.39, 0.29) is 22.8 Å². The first kappa shape index (κ1) is 22.5. The van der Waals surface area contributed by atoms with Crippen LogP contribution in [0.3, 0.4) is 0 Å². The molecular formula is C23H28N4O4S2. The van der Waals surface area contributed by atoms with Gasteiger partial charge in [0.1, 0.15) is 4.90 Å². The van der Waals surface area contributed by atoms with Crippen LogP contribution in [-0.2, 0) is 19.6 Å². The Hall–Kier alpha value is -2.27. The van der Waals surface area contributed by atoms with Gasteiger partial charge in [-0.25, -0.2) is 0 Å². The van der Waals surface area contributed by atoms with Gasteiger partial charge in [0.2, 0.25) is 5.91 Å². The second kappa shape index (κ2) is 9.54. The Balaban J connectivity index is 1.19. The van der Waals surface area contributed by atoms with Gasteiger partial charge in [-0.1, -0.05) is 18.2 Å². The van der Waals surface area contributed by atoms with Gasteiger partial charge in [-0.05, 0) is 36.4 Å². The summed E-state index contributed by atoms with van der Waals surface area (Å²) in [6.45, 7) is 4.97. The lowest BCUT2D eigenvalue weighted by Crippen LogP contribution is -2.46.